The molecule has 230 valence electrons. The van der Waals surface area contributed by atoms with Crippen LogP contribution >= 0.6 is 23.4 Å². The number of halogens is 3. The Bertz CT molecular complexity index is 1900. The Hall–Kier alpha value is -3.21. The highest BCUT2D eigenvalue weighted by Gasteiger charge is 2.33. The number of H-pyrrole nitrogens is 1. The Balaban J connectivity index is 0.00000343. The van der Waals surface area contributed by atoms with Gasteiger partial charge in [-0.15, -0.1) is 15.3 Å². The monoisotopic (exact) mass is 750 g/mol. The van der Waals surface area contributed by atoms with E-state index in [1.165, 1.54) is 17.8 Å². The van der Waals surface area contributed by atoms with Crippen molar-refractivity contribution in [3.05, 3.63) is 63.5 Å². The van der Waals surface area contributed by atoms with Crippen LogP contribution in [0, 0.1) is 5.82 Å². The van der Waals surface area contributed by atoms with Crippen molar-refractivity contribution in [2.75, 3.05) is 51.8 Å². The lowest BCUT2D eigenvalue weighted by Gasteiger charge is -2.41. The standard InChI is InChI=1S/C29H29ClFN8O3S.HI/c1-16-14-41-26-23-19(12-21(31)24(26)37-8-10-39(2,3)11-9-37)25(40)20(13-38(16)23)27-32-29(36-34-27)43-15-22-33-35-28(42-22)17-4-6-18(30)7-5-17;/h4-7,12-13,16H,8-11,14-15H2,1-3H3,(H,32,34,36);1H/q+1;/p-1/t16-;/m0./s1. The van der Waals surface area contributed by atoms with E-state index < -0.39 is 5.82 Å². The van der Waals surface area contributed by atoms with Gasteiger partial charge in [0.2, 0.25) is 22.4 Å². The predicted octanol–water partition coefficient (Wildman–Crippen LogP) is 1.78. The molecule has 0 unspecified atom stereocenters. The lowest BCUT2D eigenvalue weighted by Crippen LogP contribution is -3.00. The number of ether oxygens (including phenoxy) is 1. The Morgan fingerprint density at radius 3 is 2.68 bits per heavy atom. The zero-order valence-electron chi connectivity index (χ0n) is 24.2. The van der Waals surface area contributed by atoms with Gasteiger partial charge in [-0.05, 0) is 37.3 Å². The summed E-state index contributed by atoms with van der Waals surface area (Å²) in [5.74, 6) is 1.38. The van der Waals surface area contributed by atoms with Crippen LogP contribution in [0.25, 0.3) is 33.7 Å². The molecule has 2 aromatic carbocycles. The normalized spacial score (nSPS) is 17.4. The van der Waals surface area contributed by atoms with Crippen LogP contribution < -0.4 is 39.0 Å². The van der Waals surface area contributed by atoms with E-state index >= 15 is 4.39 Å². The summed E-state index contributed by atoms with van der Waals surface area (Å²) in [6, 6.07) is 8.39. The summed E-state index contributed by atoms with van der Waals surface area (Å²) in [4.78, 5) is 20.3. The molecule has 2 aliphatic rings. The lowest BCUT2D eigenvalue weighted by molar-refractivity contribution is -0.890. The summed E-state index contributed by atoms with van der Waals surface area (Å²) in [6.45, 7) is 5.55. The average molecular weight is 751 g/mol. The summed E-state index contributed by atoms with van der Waals surface area (Å²) in [6.07, 6.45) is 1.77. The molecule has 0 radical (unpaired) electrons. The molecule has 1 saturated heterocycles. The maximum absolute atomic E-state index is 15.8. The number of benzene rings is 2. The minimum Gasteiger partial charge on any atom is -1.00 e. The van der Waals surface area contributed by atoms with E-state index in [0.29, 0.717) is 75.8 Å². The molecular formula is C29H29ClFIN8O3S. The van der Waals surface area contributed by atoms with Crippen molar-refractivity contribution in [3.63, 3.8) is 0 Å². The van der Waals surface area contributed by atoms with Gasteiger partial charge in [0.1, 0.15) is 12.3 Å². The Morgan fingerprint density at radius 1 is 1.18 bits per heavy atom. The van der Waals surface area contributed by atoms with Crippen LogP contribution in [0.1, 0.15) is 18.9 Å². The molecule has 11 nitrogen and oxygen atoms in total. The zero-order valence-corrected chi connectivity index (χ0v) is 27.9. The number of aromatic nitrogens is 6. The lowest BCUT2D eigenvalue weighted by atomic mass is 10.0. The SMILES string of the molecule is C[C@H]1COc2c(N3CC[N+](C)(C)CC3)c(F)cc3c(=O)c(-c4nc(SCc5nnc(-c6ccc(Cl)cc6)o5)n[nH]4)cn1c23.[I-]. The first kappa shape index (κ1) is 30.8. The molecule has 15 heteroatoms. The highest BCUT2D eigenvalue weighted by Crippen LogP contribution is 2.42. The number of piperazine rings is 1. The number of nitrogens with zero attached hydrogens (tertiary/aromatic N) is 7. The van der Waals surface area contributed by atoms with Gasteiger partial charge in [0.15, 0.2) is 17.4 Å². The second kappa shape index (κ2) is 11.9. The third-order valence-electron chi connectivity index (χ3n) is 8.01. The molecule has 1 atom stereocenters. The molecular weight excluding hydrogens is 722 g/mol. The smallest absolute Gasteiger partial charge is 0.247 e. The molecule has 0 spiro atoms. The molecule has 3 aromatic heterocycles. The molecule has 2 aliphatic heterocycles. The van der Waals surface area contributed by atoms with Gasteiger partial charge in [-0.2, -0.15) is 0 Å². The summed E-state index contributed by atoms with van der Waals surface area (Å²) >= 11 is 7.25. The van der Waals surface area contributed by atoms with E-state index in [-0.39, 0.29) is 40.8 Å². The van der Waals surface area contributed by atoms with Crippen LogP contribution in [0.3, 0.4) is 0 Å². The fourth-order valence-corrected chi connectivity index (χ4v) is 6.25. The summed E-state index contributed by atoms with van der Waals surface area (Å²) in [7, 11) is 4.35. The van der Waals surface area contributed by atoms with Crippen LogP contribution in [0.15, 0.2) is 50.9 Å². The number of aromatic amines is 1. The van der Waals surface area contributed by atoms with Gasteiger partial charge >= 0.3 is 0 Å². The maximum atomic E-state index is 15.8. The van der Waals surface area contributed by atoms with Crippen molar-refractivity contribution in [1.29, 1.82) is 0 Å². The quantitative estimate of drug-likeness (QED) is 0.158. The molecule has 0 aliphatic carbocycles. The number of quaternary nitrogens is 1. The van der Waals surface area contributed by atoms with Crippen molar-refractivity contribution in [1.82, 2.24) is 29.9 Å². The van der Waals surface area contributed by atoms with Gasteiger partial charge in [-0.25, -0.2) is 9.37 Å². The number of thioether (sulfide) groups is 1. The van der Waals surface area contributed by atoms with Gasteiger partial charge in [0, 0.05) is 16.8 Å². The van der Waals surface area contributed by atoms with Gasteiger partial charge in [0.05, 0.1) is 68.5 Å². The summed E-state index contributed by atoms with van der Waals surface area (Å²) in [5.41, 5.74) is 1.76. The van der Waals surface area contributed by atoms with Gasteiger partial charge < -0.3 is 47.1 Å². The van der Waals surface area contributed by atoms with E-state index in [1.54, 1.807) is 30.5 Å². The Kier molecular flexibility index (Phi) is 8.36. The summed E-state index contributed by atoms with van der Waals surface area (Å²) in [5, 5.41) is 16.6. The van der Waals surface area contributed by atoms with Crippen molar-refractivity contribution < 1.29 is 42.0 Å². The molecule has 1 N–H and O–H groups in total. The molecule has 44 heavy (non-hydrogen) atoms. The minimum atomic E-state index is -0.462. The second-order valence-corrected chi connectivity index (χ2v) is 12.9. The van der Waals surface area contributed by atoms with Crippen molar-refractivity contribution in [2.45, 2.75) is 23.9 Å². The number of rotatable bonds is 6. The zero-order chi connectivity index (χ0) is 29.9. The van der Waals surface area contributed by atoms with Crippen LogP contribution in [-0.4, -0.2) is 81.3 Å². The van der Waals surface area contributed by atoms with Gasteiger partial charge in [0.25, 0.3) is 0 Å². The molecule has 5 aromatic rings. The Labute approximate surface area is 278 Å². The number of hydrogen-bond donors (Lipinski definition) is 1. The molecule has 0 amide bonds. The molecule has 0 bridgehead atoms. The van der Waals surface area contributed by atoms with Crippen LogP contribution in [-0.2, 0) is 5.75 Å². The topological polar surface area (TPSA) is 115 Å². The van der Waals surface area contributed by atoms with Crippen molar-refractivity contribution in [3.8, 4) is 28.6 Å². The van der Waals surface area contributed by atoms with Crippen LogP contribution in [0.5, 0.6) is 5.75 Å². The van der Waals surface area contributed by atoms with E-state index in [9.17, 15) is 4.79 Å². The second-order valence-electron chi connectivity index (χ2n) is 11.5. The predicted molar refractivity (Wildman–Crippen MR) is 162 cm³/mol. The van der Waals surface area contributed by atoms with Crippen LogP contribution in [0.4, 0.5) is 10.1 Å². The van der Waals surface area contributed by atoms with E-state index in [0.717, 1.165) is 23.1 Å². The van der Waals surface area contributed by atoms with Crippen molar-refractivity contribution in [2.24, 2.45) is 0 Å². The minimum absolute atomic E-state index is 0. The first-order valence-corrected chi connectivity index (χ1v) is 15.3. The molecule has 5 heterocycles. The first-order chi connectivity index (χ1) is 20.7. The molecule has 7 rings (SSSR count). The molecule has 1 fully saturated rings. The number of nitrogens with one attached hydrogen (secondary N) is 1. The number of anilines is 1. The maximum Gasteiger partial charge on any atom is 0.247 e. The Morgan fingerprint density at radius 2 is 1.93 bits per heavy atom. The first-order valence-electron chi connectivity index (χ1n) is 13.9. The van der Waals surface area contributed by atoms with Crippen molar-refractivity contribution >= 4 is 40.0 Å². The average Bonchev–Trinajstić information content (AvgIpc) is 3.66. The van der Waals surface area contributed by atoms with Gasteiger partial charge in [-0.3, -0.25) is 9.89 Å². The highest BCUT2D eigenvalue weighted by molar-refractivity contribution is 7.98. The number of pyridine rings is 1. The number of hydrogen-bond acceptors (Lipinski definition) is 9. The third-order valence-corrected chi connectivity index (χ3v) is 9.10. The fraction of sp³-hybridized carbons (Fsp3) is 0.345. The number of likely N-dealkylation sites (N-methyl/N-ethyl adjacent to an activating group) is 1. The third kappa shape index (κ3) is 5.68. The van der Waals surface area contributed by atoms with Crippen LogP contribution in [0.2, 0.25) is 5.02 Å². The fourth-order valence-electron chi connectivity index (χ4n) is 5.48. The molecule has 0 saturated carbocycles. The van der Waals surface area contributed by atoms with E-state index in [2.05, 4.69) is 39.5 Å². The van der Waals surface area contributed by atoms with E-state index in [1.807, 2.05) is 16.4 Å². The van der Waals surface area contributed by atoms with Gasteiger partial charge in [-0.1, -0.05) is 23.4 Å². The summed E-state index contributed by atoms with van der Waals surface area (Å²) < 4.78 is 30.5. The highest BCUT2D eigenvalue weighted by atomic mass is 127. The largest absolute Gasteiger partial charge is 1.00 e. The van der Waals surface area contributed by atoms with E-state index in [4.69, 9.17) is 20.8 Å².